The summed E-state index contributed by atoms with van der Waals surface area (Å²) in [4.78, 5) is 11.2. The molecule has 0 aliphatic heterocycles. The van der Waals surface area contributed by atoms with E-state index in [1.54, 1.807) is 37.3 Å². The van der Waals surface area contributed by atoms with Gasteiger partial charge in [-0.25, -0.2) is 4.79 Å². The number of benzene rings is 3. The SMILES string of the molecule is Cc1cc(Oc2ccccc2OCC#Cc2ccc(C(F)(F)F)cc2)cc(C(=O)O)c1. The smallest absolute Gasteiger partial charge is 0.416 e. The Morgan fingerprint density at radius 3 is 2.32 bits per heavy atom. The van der Waals surface area contributed by atoms with Crippen molar-refractivity contribution in [2.45, 2.75) is 13.1 Å². The third kappa shape index (κ3) is 6.03. The summed E-state index contributed by atoms with van der Waals surface area (Å²) in [5.74, 6) is 5.55. The van der Waals surface area contributed by atoms with E-state index in [0.29, 0.717) is 22.8 Å². The number of hydrogen-bond donors (Lipinski definition) is 1. The maximum absolute atomic E-state index is 12.6. The molecule has 0 fully saturated rings. The molecular weight excluding hydrogens is 409 g/mol. The van der Waals surface area contributed by atoms with Crippen LogP contribution in [0.3, 0.4) is 0 Å². The molecule has 0 aromatic heterocycles. The molecule has 0 aliphatic rings. The van der Waals surface area contributed by atoms with Crippen LogP contribution >= 0.6 is 0 Å². The van der Waals surface area contributed by atoms with Crippen LogP contribution in [0.1, 0.15) is 27.0 Å². The first-order valence-electron chi connectivity index (χ1n) is 9.13. The maximum atomic E-state index is 12.6. The number of hydrogen-bond acceptors (Lipinski definition) is 3. The van der Waals surface area contributed by atoms with Crippen LogP contribution < -0.4 is 9.47 Å². The molecule has 0 amide bonds. The number of aromatic carboxylic acids is 1. The molecule has 0 bridgehead atoms. The number of aryl methyl sites for hydroxylation is 1. The summed E-state index contributed by atoms with van der Waals surface area (Å²) in [5, 5.41) is 9.20. The topological polar surface area (TPSA) is 55.8 Å². The Kier molecular flexibility index (Phi) is 6.51. The second kappa shape index (κ2) is 9.26. The van der Waals surface area contributed by atoms with Crippen molar-refractivity contribution in [3.63, 3.8) is 0 Å². The molecule has 4 nitrogen and oxygen atoms in total. The number of alkyl halides is 3. The van der Waals surface area contributed by atoms with Gasteiger partial charge in [0.05, 0.1) is 11.1 Å². The predicted octanol–water partition coefficient (Wildman–Crippen LogP) is 5.93. The van der Waals surface area contributed by atoms with Gasteiger partial charge in [-0.15, -0.1) is 0 Å². The minimum Gasteiger partial charge on any atom is -0.478 e. The van der Waals surface area contributed by atoms with E-state index in [1.807, 2.05) is 0 Å². The van der Waals surface area contributed by atoms with Crippen molar-refractivity contribution in [1.29, 1.82) is 0 Å². The van der Waals surface area contributed by atoms with Crippen molar-refractivity contribution in [2.24, 2.45) is 0 Å². The zero-order valence-electron chi connectivity index (χ0n) is 16.4. The largest absolute Gasteiger partial charge is 0.478 e. The summed E-state index contributed by atoms with van der Waals surface area (Å²) < 4.78 is 49.2. The number of halogens is 3. The lowest BCUT2D eigenvalue weighted by Crippen LogP contribution is -2.04. The Bertz CT molecular complexity index is 1140. The van der Waals surface area contributed by atoms with Crippen LogP contribution in [0.25, 0.3) is 0 Å². The van der Waals surface area contributed by atoms with Crippen LogP contribution in [0.5, 0.6) is 17.2 Å². The lowest BCUT2D eigenvalue weighted by molar-refractivity contribution is -0.137. The highest BCUT2D eigenvalue weighted by Gasteiger charge is 2.29. The standard InChI is InChI=1S/C24H17F3O4/c1-16-13-18(23(28)29)15-20(14-16)31-22-7-3-2-6-21(22)30-12-4-5-17-8-10-19(11-9-17)24(25,26)27/h2-3,6-11,13-15H,12H2,1H3,(H,28,29). The second-order valence-electron chi connectivity index (χ2n) is 6.55. The lowest BCUT2D eigenvalue weighted by atomic mass is 10.1. The Balaban J connectivity index is 1.68. The Hall–Kier alpha value is -3.92. The number of para-hydroxylation sites is 2. The Morgan fingerprint density at radius 2 is 1.68 bits per heavy atom. The van der Waals surface area contributed by atoms with Gasteiger partial charge >= 0.3 is 12.1 Å². The van der Waals surface area contributed by atoms with Gasteiger partial charge in [0.15, 0.2) is 11.5 Å². The van der Waals surface area contributed by atoms with E-state index in [0.717, 1.165) is 17.7 Å². The summed E-state index contributed by atoms with van der Waals surface area (Å²) >= 11 is 0. The van der Waals surface area contributed by atoms with Gasteiger partial charge in [-0.1, -0.05) is 24.0 Å². The van der Waals surface area contributed by atoms with Gasteiger partial charge < -0.3 is 14.6 Å². The van der Waals surface area contributed by atoms with Crippen LogP contribution in [-0.2, 0) is 6.18 Å². The third-order valence-corrected chi connectivity index (χ3v) is 4.12. The molecule has 3 aromatic rings. The highest BCUT2D eigenvalue weighted by molar-refractivity contribution is 5.88. The van der Waals surface area contributed by atoms with E-state index >= 15 is 0 Å². The normalized spacial score (nSPS) is 10.7. The summed E-state index contributed by atoms with van der Waals surface area (Å²) in [7, 11) is 0. The fourth-order valence-corrected chi connectivity index (χ4v) is 2.71. The van der Waals surface area contributed by atoms with E-state index in [1.165, 1.54) is 24.3 Å². The predicted molar refractivity (Wildman–Crippen MR) is 108 cm³/mol. The van der Waals surface area contributed by atoms with Gasteiger partial charge in [-0.05, 0) is 67.1 Å². The van der Waals surface area contributed by atoms with Crippen molar-refractivity contribution >= 4 is 5.97 Å². The van der Waals surface area contributed by atoms with Gasteiger partial charge in [0, 0.05) is 5.56 Å². The van der Waals surface area contributed by atoms with Crippen molar-refractivity contribution < 1.29 is 32.5 Å². The first kappa shape index (κ1) is 21.8. The number of carboxylic acid groups (broad SMARTS) is 1. The molecule has 31 heavy (non-hydrogen) atoms. The van der Waals surface area contributed by atoms with E-state index < -0.39 is 17.7 Å². The molecule has 0 radical (unpaired) electrons. The van der Waals surface area contributed by atoms with E-state index in [9.17, 15) is 23.1 Å². The third-order valence-electron chi connectivity index (χ3n) is 4.12. The molecule has 0 saturated carbocycles. The van der Waals surface area contributed by atoms with Gasteiger partial charge in [0.1, 0.15) is 12.4 Å². The second-order valence-corrected chi connectivity index (χ2v) is 6.55. The Labute approximate surface area is 176 Å². The van der Waals surface area contributed by atoms with Crippen molar-refractivity contribution in [2.75, 3.05) is 6.61 Å². The lowest BCUT2D eigenvalue weighted by Gasteiger charge is -2.12. The number of carboxylic acids is 1. The first-order chi connectivity index (χ1) is 14.7. The summed E-state index contributed by atoms with van der Waals surface area (Å²) in [6.07, 6.45) is -4.39. The monoisotopic (exact) mass is 426 g/mol. The summed E-state index contributed by atoms with van der Waals surface area (Å²) in [5.41, 5.74) is 0.538. The molecular formula is C24H17F3O4. The van der Waals surface area contributed by atoms with E-state index in [4.69, 9.17) is 9.47 Å². The summed E-state index contributed by atoms with van der Waals surface area (Å²) in [6.45, 7) is 1.74. The van der Waals surface area contributed by atoms with Gasteiger partial charge in [-0.3, -0.25) is 0 Å². The molecule has 0 atom stereocenters. The van der Waals surface area contributed by atoms with Gasteiger partial charge in [-0.2, -0.15) is 13.2 Å². The molecule has 1 N–H and O–H groups in total. The van der Waals surface area contributed by atoms with Crippen molar-refractivity contribution in [1.82, 2.24) is 0 Å². The fraction of sp³-hybridized carbons (Fsp3) is 0.125. The summed E-state index contributed by atoms with van der Waals surface area (Å²) in [6, 6.07) is 16.0. The molecule has 158 valence electrons. The minimum atomic E-state index is -4.39. The van der Waals surface area contributed by atoms with Crippen LogP contribution in [-0.4, -0.2) is 17.7 Å². The first-order valence-corrected chi connectivity index (χ1v) is 9.13. The van der Waals surface area contributed by atoms with E-state index in [-0.39, 0.29) is 12.2 Å². The molecule has 0 saturated heterocycles. The zero-order valence-corrected chi connectivity index (χ0v) is 16.4. The molecule has 3 aromatic carbocycles. The van der Waals surface area contributed by atoms with Crippen LogP contribution in [0, 0.1) is 18.8 Å². The average molecular weight is 426 g/mol. The molecule has 0 aliphatic carbocycles. The molecule has 0 heterocycles. The van der Waals surface area contributed by atoms with Crippen LogP contribution in [0.15, 0.2) is 66.7 Å². The Morgan fingerprint density at radius 1 is 1.00 bits per heavy atom. The molecule has 7 heteroatoms. The van der Waals surface area contributed by atoms with Gasteiger partial charge in [0.2, 0.25) is 0 Å². The average Bonchev–Trinajstić information content (AvgIpc) is 2.71. The minimum absolute atomic E-state index is 0.0183. The zero-order chi connectivity index (χ0) is 22.4. The van der Waals surface area contributed by atoms with E-state index in [2.05, 4.69) is 11.8 Å². The highest BCUT2D eigenvalue weighted by Crippen LogP contribution is 2.32. The molecule has 3 rings (SSSR count). The quantitative estimate of drug-likeness (QED) is 0.514. The fourth-order valence-electron chi connectivity index (χ4n) is 2.71. The number of ether oxygens (including phenoxy) is 2. The number of carbonyl (C=O) groups is 1. The highest BCUT2D eigenvalue weighted by atomic mass is 19.4. The van der Waals surface area contributed by atoms with Crippen LogP contribution in [0.4, 0.5) is 13.2 Å². The van der Waals surface area contributed by atoms with Gasteiger partial charge in [0.25, 0.3) is 0 Å². The molecule has 0 spiro atoms. The number of rotatable bonds is 5. The maximum Gasteiger partial charge on any atom is 0.416 e. The van der Waals surface area contributed by atoms with Crippen molar-refractivity contribution in [3.8, 4) is 29.1 Å². The molecule has 0 unspecified atom stereocenters. The van der Waals surface area contributed by atoms with Crippen molar-refractivity contribution in [3.05, 3.63) is 89.0 Å². The van der Waals surface area contributed by atoms with Crippen LogP contribution in [0.2, 0.25) is 0 Å².